The molecule has 2 rings (SSSR count). The number of carboxylic acids is 1. The highest BCUT2D eigenvalue weighted by molar-refractivity contribution is 5.96. The number of nitrogens with one attached hydrogen (secondary N) is 1. The first kappa shape index (κ1) is 19.0. The van der Waals surface area contributed by atoms with Crippen LogP contribution in [0.15, 0.2) is 18.2 Å². The lowest BCUT2D eigenvalue weighted by atomic mass is 9.91. The van der Waals surface area contributed by atoms with Gasteiger partial charge in [-0.25, -0.2) is 4.79 Å². The Bertz CT molecular complexity index is 691. The molecule has 1 aromatic rings. The van der Waals surface area contributed by atoms with Gasteiger partial charge < -0.3 is 15.3 Å². The van der Waals surface area contributed by atoms with Crippen LogP contribution >= 0.6 is 0 Å². The number of anilines is 1. The minimum absolute atomic E-state index is 0.0495. The molecule has 0 spiro atoms. The van der Waals surface area contributed by atoms with Crippen molar-refractivity contribution in [2.75, 3.05) is 18.4 Å². The predicted octanol–water partition coefficient (Wildman–Crippen LogP) is 2.92. The first-order chi connectivity index (χ1) is 11.6. The maximum absolute atomic E-state index is 12.6. The molecule has 1 saturated heterocycles. The van der Waals surface area contributed by atoms with Gasteiger partial charge in [0.2, 0.25) is 11.8 Å². The fourth-order valence-electron chi connectivity index (χ4n) is 3.02. The number of aromatic carboxylic acids is 1. The van der Waals surface area contributed by atoms with Gasteiger partial charge in [0.1, 0.15) is 0 Å². The van der Waals surface area contributed by atoms with E-state index in [1.807, 2.05) is 20.8 Å². The van der Waals surface area contributed by atoms with E-state index in [0.717, 1.165) is 12.8 Å². The summed E-state index contributed by atoms with van der Waals surface area (Å²) in [7, 11) is 0. The molecule has 1 atom stereocenters. The molecule has 6 heteroatoms. The quantitative estimate of drug-likeness (QED) is 0.881. The van der Waals surface area contributed by atoms with Crippen LogP contribution in [0.2, 0.25) is 0 Å². The number of likely N-dealkylation sites (tertiary alicyclic amines) is 1. The summed E-state index contributed by atoms with van der Waals surface area (Å²) in [6.07, 6.45) is 1.51. The monoisotopic (exact) mass is 346 g/mol. The van der Waals surface area contributed by atoms with Gasteiger partial charge in [-0.2, -0.15) is 0 Å². The Morgan fingerprint density at radius 1 is 1.24 bits per heavy atom. The molecule has 1 aromatic carbocycles. The minimum atomic E-state index is -1.02. The highest BCUT2D eigenvalue weighted by atomic mass is 16.4. The third-order valence-electron chi connectivity index (χ3n) is 4.46. The lowest BCUT2D eigenvalue weighted by Gasteiger charge is -2.35. The average Bonchev–Trinajstić information content (AvgIpc) is 2.54. The summed E-state index contributed by atoms with van der Waals surface area (Å²) >= 11 is 0. The largest absolute Gasteiger partial charge is 0.478 e. The first-order valence-electron chi connectivity index (χ1n) is 8.54. The number of carbonyl (C=O) groups is 3. The number of rotatable bonds is 3. The van der Waals surface area contributed by atoms with Crippen LogP contribution in [-0.2, 0) is 9.59 Å². The van der Waals surface area contributed by atoms with Crippen molar-refractivity contribution < 1.29 is 19.5 Å². The number of benzene rings is 1. The lowest BCUT2D eigenvalue weighted by molar-refractivity contribution is -0.142. The van der Waals surface area contributed by atoms with Crippen molar-refractivity contribution in [3.05, 3.63) is 29.3 Å². The Labute approximate surface area is 148 Å². The second kappa shape index (κ2) is 7.25. The first-order valence-corrected chi connectivity index (χ1v) is 8.54. The maximum Gasteiger partial charge on any atom is 0.336 e. The van der Waals surface area contributed by atoms with Crippen molar-refractivity contribution in [3.8, 4) is 0 Å². The van der Waals surface area contributed by atoms with Gasteiger partial charge in [0.15, 0.2) is 0 Å². The van der Waals surface area contributed by atoms with E-state index in [4.69, 9.17) is 0 Å². The highest BCUT2D eigenvalue weighted by Crippen LogP contribution is 2.25. The van der Waals surface area contributed by atoms with Crippen molar-refractivity contribution in [2.45, 2.75) is 40.5 Å². The molecule has 0 aromatic heterocycles. The molecule has 2 amide bonds. The Kier molecular flexibility index (Phi) is 5.50. The van der Waals surface area contributed by atoms with Gasteiger partial charge >= 0.3 is 5.97 Å². The molecule has 6 nitrogen and oxygen atoms in total. The van der Waals surface area contributed by atoms with E-state index < -0.39 is 11.4 Å². The highest BCUT2D eigenvalue weighted by Gasteiger charge is 2.33. The number of carboxylic acid groups (broad SMARTS) is 1. The van der Waals surface area contributed by atoms with E-state index in [1.165, 1.54) is 6.07 Å². The van der Waals surface area contributed by atoms with Crippen molar-refractivity contribution in [3.63, 3.8) is 0 Å². The number of amides is 2. The zero-order valence-electron chi connectivity index (χ0n) is 15.3. The van der Waals surface area contributed by atoms with E-state index in [-0.39, 0.29) is 23.3 Å². The normalized spacial score (nSPS) is 17.9. The van der Waals surface area contributed by atoms with Crippen molar-refractivity contribution in [1.82, 2.24) is 4.90 Å². The van der Waals surface area contributed by atoms with Crippen LogP contribution < -0.4 is 5.32 Å². The minimum Gasteiger partial charge on any atom is -0.478 e. The molecular weight excluding hydrogens is 320 g/mol. The molecule has 1 heterocycles. The van der Waals surface area contributed by atoms with Crippen LogP contribution in [0.25, 0.3) is 0 Å². The van der Waals surface area contributed by atoms with Crippen molar-refractivity contribution >= 4 is 23.5 Å². The van der Waals surface area contributed by atoms with Crippen LogP contribution in [0.1, 0.15) is 49.5 Å². The smallest absolute Gasteiger partial charge is 0.336 e. The van der Waals surface area contributed by atoms with E-state index in [9.17, 15) is 19.5 Å². The molecule has 0 aliphatic carbocycles. The maximum atomic E-state index is 12.6. The van der Waals surface area contributed by atoms with Crippen LogP contribution in [0, 0.1) is 18.3 Å². The fourth-order valence-corrected chi connectivity index (χ4v) is 3.02. The van der Waals surface area contributed by atoms with Gasteiger partial charge in [-0.15, -0.1) is 0 Å². The fraction of sp³-hybridized carbons (Fsp3) is 0.526. The molecule has 1 aliphatic heterocycles. The summed E-state index contributed by atoms with van der Waals surface area (Å²) in [6.45, 7) is 8.41. The number of carbonyl (C=O) groups excluding carboxylic acids is 2. The molecule has 136 valence electrons. The van der Waals surface area contributed by atoms with Gasteiger partial charge in [-0.05, 0) is 37.5 Å². The van der Waals surface area contributed by atoms with Gasteiger partial charge in [0.25, 0.3) is 0 Å². The van der Waals surface area contributed by atoms with Crippen LogP contribution in [0.5, 0.6) is 0 Å². The Balaban J connectivity index is 2.07. The SMILES string of the molecule is Cc1ccc(NC(=O)C2CCCN(C(=O)C(C)(C)C)C2)cc1C(=O)O. The van der Waals surface area contributed by atoms with Crippen molar-refractivity contribution in [2.24, 2.45) is 11.3 Å². The summed E-state index contributed by atoms with van der Waals surface area (Å²) < 4.78 is 0. The molecule has 0 bridgehead atoms. The van der Waals surface area contributed by atoms with E-state index in [0.29, 0.717) is 24.3 Å². The zero-order valence-corrected chi connectivity index (χ0v) is 15.3. The summed E-state index contributed by atoms with van der Waals surface area (Å²) in [5, 5.41) is 12.0. The third-order valence-corrected chi connectivity index (χ3v) is 4.46. The van der Waals surface area contributed by atoms with Crippen molar-refractivity contribution in [1.29, 1.82) is 0 Å². The Morgan fingerprint density at radius 2 is 1.92 bits per heavy atom. The second-order valence-corrected chi connectivity index (χ2v) is 7.66. The topological polar surface area (TPSA) is 86.7 Å². The molecule has 0 radical (unpaired) electrons. The molecule has 2 N–H and O–H groups in total. The molecular formula is C19H26N2O4. The number of piperidine rings is 1. The predicted molar refractivity (Wildman–Crippen MR) is 95.5 cm³/mol. The average molecular weight is 346 g/mol. The van der Waals surface area contributed by atoms with E-state index in [1.54, 1.807) is 24.0 Å². The molecule has 25 heavy (non-hydrogen) atoms. The number of nitrogens with zero attached hydrogens (tertiary/aromatic N) is 1. The van der Waals surface area contributed by atoms with Crippen LogP contribution in [0.4, 0.5) is 5.69 Å². The van der Waals surface area contributed by atoms with Gasteiger partial charge in [-0.3, -0.25) is 9.59 Å². The van der Waals surface area contributed by atoms with Gasteiger partial charge in [0, 0.05) is 24.2 Å². The Hall–Kier alpha value is -2.37. The van der Waals surface area contributed by atoms with Gasteiger partial charge in [-0.1, -0.05) is 26.8 Å². The van der Waals surface area contributed by atoms with E-state index >= 15 is 0 Å². The summed E-state index contributed by atoms with van der Waals surface area (Å²) in [5.41, 5.74) is 0.814. The molecule has 1 fully saturated rings. The number of hydrogen-bond donors (Lipinski definition) is 2. The second-order valence-electron chi connectivity index (χ2n) is 7.66. The van der Waals surface area contributed by atoms with E-state index in [2.05, 4.69) is 5.32 Å². The van der Waals surface area contributed by atoms with Gasteiger partial charge in [0.05, 0.1) is 11.5 Å². The summed E-state index contributed by atoms with van der Waals surface area (Å²) in [4.78, 5) is 38.0. The molecule has 0 saturated carbocycles. The van der Waals surface area contributed by atoms with Crippen LogP contribution in [-0.4, -0.2) is 40.9 Å². The zero-order chi connectivity index (χ0) is 18.8. The summed E-state index contributed by atoms with van der Waals surface area (Å²) in [5.74, 6) is -1.43. The standard InChI is InChI=1S/C19H26N2O4/c1-12-7-8-14(10-15(12)17(23)24)20-16(22)13-6-5-9-21(11-13)18(25)19(2,3)4/h7-8,10,13H,5-6,9,11H2,1-4H3,(H,20,22)(H,23,24). The lowest BCUT2D eigenvalue weighted by Crippen LogP contribution is -2.47. The summed E-state index contributed by atoms with van der Waals surface area (Å²) in [6, 6.07) is 4.84. The molecule has 1 aliphatic rings. The number of hydrogen-bond acceptors (Lipinski definition) is 3. The Morgan fingerprint density at radius 3 is 2.52 bits per heavy atom. The molecule has 1 unspecified atom stereocenters. The van der Waals surface area contributed by atoms with Crippen LogP contribution in [0.3, 0.4) is 0 Å². The number of aryl methyl sites for hydroxylation is 1. The third kappa shape index (κ3) is 4.59.